The lowest BCUT2D eigenvalue weighted by molar-refractivity contribution is -0.123. The van der Waals surface area contributed by atoms with Gasteiger partial charge in [0.1, 0.15) is 11.4 Å². The summed E-state index contributed by atoms with van der Waals surface area (Å²) < 4.78 is 12.7. The Labute approximate surface area is 85.5 Å². The van der Waals surface area contributed by atoms with Crippen molar-refractivity contribution in [1.29, 1.82) is 0 Å². The Morgan fingerprint density at radius 1 is 1.20 bits per heavy atom. The third-order valence-corrected chi connectivity index (χ3v) is 2.47. The normalized spacial score (nSPS) is 24.9. The topological polar surface area (TPSA) is 58.2 Å². The molecule has 0 spiro atoms. The van der Waals surface area contributed by atoms with Crippen molar-refractivity contribution in [2.45, 2.75) is 12.5 Å². The summed E-state index contributed by atoms with van der Waals surface area (Å²) in [6.45, 7) is 1.57. The number of nitrogens with one attached hydrogen (secondary N) is 2. The molecule has 1 saturated heterocycles. The third-order valence-electron chi connectivity index (χ3n) is 2.47. The number of carbonyl (C=O) groups excluding carboxylic acids is 2. The van der Waals surface area contributed by atoms with E-state index in [1.807, 2.05) is 0 Å². The zero-order valence-corrected chi connectivity index (χ0v) is 8.00. The van der Waals surface area contributed by atoms with Crippen molar-refractivity contribution in [3.8, 4) is 0 Å². The highest BCUT2D eigenvalue weighted by Gasteiger charge is 2.43. The minimum absolute atomic E-state index is 0.382. The summed E-state index contributed by atoms with van der Waals surface area (Å²) in [5.74, 6) is -0.814. The van der Waals surface area contributed by atoms with Gasteiger partial charge in [-0.25, -0.2) is 9.18 Å². The molecule has 0 aliphatic carbocycles. The van der Waals surface area contributed by atoms with Crippen LogP contribution in [0.1, 0.15) is 12.5 Å². The summed E-state index contributed by atoms with van der Waals surface area (Å²) in [4.78, 5) is 22.5. The summed E-state index contributed by atoms with van der Waals surface area (Å²) in [5.41, 5.74) is -0.558. The molecule has 2 N–H and O–H groups in total. The van der Waals surface area contributed by atoms with Gasteiger partial charge in [0.05, 0.1) is 0 Å². The van der Waals surface area contributed by atoms with Crippen LogP contribution < -0.4 is 10.6 Å². The van der Waals surface area contributed by atoms with E-state index in [1.165, 1.54) is 24.3 Å². The van der Waals surface area contributed by atoms with Crippen molar-refractivity contribution in [3.63, 3.8) is 0 Å². The summed E-state index contributed by atoms with van der Waals surface area (Å²) in [6, 6.07) is 4.91. The van der Waals surface area contributed by atoms with E-state index in [1.54, 1.807) is 6.92 Å². The van der Waals surface area contributed by atoms with Crippen molar-refractivity contribution in [2.75, 3.05) is 0 Å². The highest BCUT2D eigenvalue weighted by Crippen LogP contribution is 2.24. The first-order chi connectivity index (χ1) is 7.02. The maximum atomic E-state index is 12.7. The van der Waals surface area contributed by atoms with Gasteiger partial charge in [0.15, 0.2) is 0 Å². The molecular weight excluding hydrogens is 199 g/mol. The molecule has 1 fully saturated rings. The van der Waals surface area contributed by atoms with E-state index in [2.05, 4.69) is 10.6 Å². The molecule has 3 amide bonds. The lowest BCUT2D eigenvalue weighted by Crippen LogP contribution is -2.40. The Morgan fingerprint density at radius 3 is 2.27 bits per heavy atom. The van der Waals surface area contributed by atoms with Gasteiger partial charge in [-0.15, -0.1) is 0 Å². The van der Waals surface area contributed by atoms with Gasteiger partial charge in [0.2, 0.25) is 0 Å². The zero-order chi connectivity index (χ0) is 11.1. The molecule has 0 unspecified atom stereocenters. The minimum Gasteiger partial charge on any atom is -0.320 e. The van der Waals surface area contributed by atoms with Gasteiger partial charge in [-0.1, -0.05) is 12.1 Å². The van der Waals surface area contributed by atoms with E-state index in [-0.39, 0.29) is 5.82 Å². The number of imide groups is 1. The first kappa shape index (κ1) is 9.64. The van der Waals surface area contributed by atoms with Gasteiger partial charge in [-0.2, -0.15) is 0 Å². The van der Waals surface area contributed by atoms with Crippen LogP contribution in [0, 0.1) is 5.82 Å². The summed E-state index contributed by atoms with van der Waals surface area (Å²) in [5, 5.41) is 4.63. The highest BCUT2D eigenvalue weighted by molar-refractivity contribution is 6.07. The number of rotatable bonds is 1. The van der Waals surface area contributed by atoms with Gasteiger partial charge < -0.3 is 5.32 Å². The first-order valence-electron chi connectivity index (χ1n) is 4.42. The predicted molar refractivity (Wildman–Crippen MR) is 50.4 cm³/mol. The fourth-order valence-electron chi connectivity index (χ4n) is 1.53. The highest BCUT2D eigenvalue weighted by atomic mass is 19.1. The second-order valence-corrected chi connectivity index (χ2v) is 3.54. The van der Waals surface area contributed by atoms with Gasteiger partial charge in [0.25, 0.3) is 5.91 Å². The van der Waals surface area contributed by atoms with Crippen LogP contribution in [0.3, 0.4) is 0 Å². The predicted octanol–water partition coefficient (Wildman–Crippen LogP) is 0.880. The Bertz CT molecular complexity index is 430. The number of carbonyl (C=O) groups is 2. The van der Waals surface area contributed by atoms with Crippen LogP contribution in [-0.4, -0.2) is 11.9 Å². The molecule has 1 aromatic carbocycles. The fourth-order valence-corrected chi connectivity index (χ4v) is 1.53. The minimum atomic E-state index is -1.11. The second kappa shape index (κ2) is 3.05. The van der Waals surface area contributed by atoms with Crippen molar-refractivity contribution >= 4 is 11.9 Å². The number of urea groups is 1. The van der Waals surface area contributed by atoms with Gasteiger partial charge in [-0.05, 0) is 24.6 Å². The van der Waals surface area contributed by atoms with E-state index >= 15 is 0 Å². The molecule has 0 saturated carbocycles. The van der Waals surface area contributed by atoms with E-state index in [4.69, 9.17) is 0 Å². The van der Waals surface area contributed by atoms with Gasteiger partial charge in [-0.3, -0.25) is 10.1 Å². The van der Waals surface area contributed by atoms with Crippen molar-refractivity contribution in [2.24, 2.45) is 0 Å². The summed E-state index contributed by atoms with van der Waals surface area (Å²) in [6.07, 6.45) is 0. The van der Waals surface area contributed by atoms with E-state index < -0.39 is 17.5 Å². The molecule has 1 aliphatic heterocycles. The average molecular weight is 208 g/mol. The van der Waals surface area contributed by atoms with E-state index in [0.29, 0.717) is 5.56 Å². The van der Waals surface area contributed by atoms with Crippen molar-refractivity contribution in [3.05, 3.63) is 35.6 Å². The Balaban J connectivity index is 2.41. The third kappa shape index (κ3) is 1.45. The average Bonchev–Trinajstić information content (AvgIpc) is 2.42. The van der Waals surface area contributed by atoms with E-state index in [9.17, 15) is 14.0 Å². The largest absolute Gasteiger partial charge is 0.322 e. The zero-order valence-electron chi connectivity index (χ0n) is 8.00. The number of amides is 3. The monoisotopic (exact) mass is 208 g/mol. The number of benzene rings is 1. The van der Waals surface area contributed by atoms with E-state index in [0.717, 1.165) is 0 Å². The van der Waals surface area contributed by atoms with Crippen LogP contribution in [0.15, 0.2) is 24.3 Å². The Kier molecular flexibility index (Phi) is 1.96. The summed E-state index contributed by atoms with van der Waals surface area (Å²) >= 11 is 0. The fraction of sp³-hybridized carbons (Fsp3) is 0.200. The van der Waals surface area contributed by atoms with Gasteiger partial charge >= 0.3 is 6.03 Å². The van der Waals surface area contributed by atoms with Crippen LogP contribution in [-0.2, 0) is 10.3 Å². The van der Waals surface area contributed by atoms with Crippen LogP contribution in [0.2, 0.25) is 0 Å². The Hall–Kier alpha value is -1.91. The molecule has 1 heterocycles. The van der Waals surface area contributed by atoms with Crippen LogP contribution >= 0.6 is 0 Å². The molecule has 0 radical (unpaired) electrons. The van der Waals surface area contributed by atoms with Crippen LogP contribution in [0.5, 0.6) is 0 Å². The molecule has 15 heavy (non-hydrogen) atoms. The standard InChI is InChI=1S/C10H9FN2O2/c1-10(8(14)12-9(15)13-10)6-2-4-7(11)5-3-6/h2-5H,1H3,(H2,12,13,14,15)/t10-/m1/s1. The molecular formula is C10H9FN2O2. The Morgan fingerprint density at radius 2 is 1.80 bits per heavy atom. The lowest BCUT2D eigenvalue weighted by atomic mass is 9.92. The molecule has 5 heteroatoms. The molecule has 1 atom stereocenters. The lowest BCUT2D eigenvalue weighted by Gasteiger charge is -2.20. The molecule has 1 aliphatic rings. The molecule has 1 aromatic rings. The van der Waals surface area contributed by atoms with Crippen molar-refractivity contribution in [1.82, 2.24) is 10.6 Å². The maximum absolute atomic E-state index is 12.7. The molecule has 4 nitrogen and oxygen atoms in total. The van der Waals surface area contributed by atoms with Crippen LogP contribution in [0.25, 0.3) is 0 Å². The quantitative estimate of drug-likeness (QED) is 0.673. The summed E-state index contributed by atoms with van der Waals surface area (Å²) in [7, 11) is 0. The molecule has 0 bridgehead atoms. The smallest absolute Gasteiger partial charge is 0.320 e. The van der Waals surface area contributed by atoms with Crippen LogP contribution in [0.4, 0.5) is 9.18 Å². The molecule has 78 valence electrons. The van der Waals surface area contributed by atoms with Gasteiger partial charge in [0, 0.05) is 0 Å². The van der Waals surface area contributed by atoms with Crippen molar-refractivity contribution < 1.29 is 14.0 Å². The molecule has 2 rings (SSSR count). The number of hydrogen-bond donors (Lipinski definition) is 2. The second-order valence-electron chi connectivity index (χ2n) is 3.54. The first-order valence-corrected chi connectivity index (χ1v) is 4.42. The number of halogens is 1. The number of hydrogen-bond acceptors (Lipinski definition) is 2. The SMILES string of the molecule is C[C@]1(c2ccc(F)cc2)NC(=O)NC1=O. The molecule has 0 aromatic heterocycles. The maximum Gasteiger partial charge on any atom is 0.322 e.